The van der Waals surface area contributed by atoms with E-state index in [4.69, 9.17) is 4.74 Å². The van der Waals surface area contributed by atoms with Crippen molar-refractivity contribution in [2.75, 3.05) is 18.4 Å². The number of aryl methyl sites for hydroxylation is 2. The highest BCUT2D eigenvalue weighted by Gasteiger charge is 2.17. The van der Waals surface area contributed by atoms with Gasteiger partial charge in [-0.2, -0.15) is 5.26 Å². The Bertz CT molecular complexity index is 808. The van der Waals surface area contributed by atoms with Crippen LogP contribution < -0.4 is 15.4 Å². The summed E-state index contributed by atoms with van der Waals surface area (Å²) in [5.41, 5.74) is 3.79. The average molecular weight is 335 g/mol. The Balaban J connectivity index is 1.45. The van der Waals surface area contributed by atoms with Crippen LogP contribution in [0.2, 0.25) is 0 Å². The molecule has 25 heavy (non-hydrogen) atoms. The lowest BCUT2D eigenvalue weighted by Gasteiger charge is -2.13. The molecule has 1 fully saturated rings. The first-order valence-electron chi connectivity index (χ1n) is 8.81. The second-order valence-corrected chi connectivity index (χ2v) is 6.52. The largest absolute Gasteiger partial charge is 0.489 e. The molecule has 0 spiro atoms. The van der Waals surface area contributed by atoms with Gasteiger partial charge in [0.15, 0.2) is 0 Å². The van der Waals surface area contributed by atoms with Gasteiger partial charge >= 0.3 is 0 Å². The summed E-state index contributed by atoms with van der Waals surface area (Å²) >= 11 is 0. The van der Waals surface area contributed by atoms with Crippen molar-refractivity contribution in [3.05, 3.63) is 46.9 Å². The van der Waals surface area contributed by atoms with Crippen molar-refractivity contribution in [3.8, 4) is 11.8 Å². The van der Waals surface area contributed by atoms with Crippen molar-refractivity contribution >= 4 is 5.82 Å². The predicted octanol–water partition coefficient (Wildman–Crippen LogP) is 2.19. The minimum absolute atomic E-state index is 0.228. The van der Waals surface area contributed by atoms with Gasteiger partial charge in [0.2, 0.25) is 0 Å². The second-order valence-electron chi connectivity index (χ2n) is 6.52. The van der Waals surface area contributed by atoms with Crippen LogP contribution in [0.4, 0.5) is 5.82 Å². The smallest absolute Gasteiger partial charge is 0.144 e. The van der Waals surface area contributed by atoms with E-state index in [9.17, 15) is 5.26 Å². The lowest BCUT2D eigenvalue weighted by atomic mass is 10.1. The summed E-state index contributed by atoms with van der Waals surface area (Å²) in [5, 5.41) is 15.9. The maximum Gasteiger partial charge on any atom is 0.144 e. The molecule has 128 valence electrons. The Morgan fingerprint density at radius 1 is 1.36 bits per heavy atom. The van der Waals surface area contributed by atoms with E-state index in [0.29, 0.717) is 17.9 Å². The zero-order valence-electron chi connectivity index (χ0n) is 14.1. The molecule has 0 saturated carbocycles. The monoisotopic (exact) mass is 335 g/mol. The first-order valence-corrected chi connectivity index (χ1v) is 8.81. The van der Waals surface area contributed by atoms with E-state index in [1.165, 1.54) is 5.56 Å². The van der Waals surface area contributed by atoms with Gasteiger partial charge in [-0.25, -0.2) is 4.98 Å². The van der Waals surface area contributed by atoms with Crippen LogP contribution in [0.15, 0.2) is 24.4 Å². The van der Waals surface area contributed by atoms with E-state index in [1.54, 1.807) is 6.20 Å². The predicted molar refractivity (Wildman–Crippen MR) is 94.4 cm³/mol. The standard InChI is InChI=1S/C19H21N5O/c20-10-14-8-13-2-1-3-18(13)24-19(14)23-11-15-9-16(5-7-22-15)25-17-4-6-21-12-17/h5,7-9,17,21H,1-4,6,11-12H2,(H,23,24). The fourth-order valence-electron chi connectivity index (χ4n) is 3.41. The van der Waals surface area contributed by atoms with Gasteiger partial charge in [-0.3, -0.25) is 4.98 Å². The number of hydrogen-bond acceptors (Lipinski definition) is 6. The summed E-state index contributed by atoms with van der Waals surface area (Å²) in [7, 11) is 0. The molecule has 1 atom stereocenters. The Labute approximate surface area is 147 Å². The number of anilines is 1. The van der Waals surface area contributed by atoms with Crippen LogP contribution in [-0.4, -0.2) is 29.2 Å². The highest BCUT2D eigenvalue weighted by Crippen LogP contribution is 2.25. The average Bonchev–Trinajstić information content (AvgIpc) is 3.30. The molecule has 2 aromatic rings. The number of rotatable bonds is 5. The molecule has 3 heterocycles. The number of fused-ring (bicyclic) bond motifs is 1. The SMILES string of the molecule is N#Cc1cc2c(nc1NCc1cc(OC3CCNC3)ccn1)CCC2. The molecule has 6 heteroatoms. The van der Waals surface area contributed by atoms with E-state index in [1.807, 2.05) is 18.2 Å². The van der Waals surface area contributed by atoms with Crippen molar-refractivity contribution in [3.63, 3.8) is 0 Å². The molecular weight excluding hydrogens is 314 g/mol. The van der Waals surface area contributed by atoms with Gasteiger partial charge in [0.1, 0.15) is 23.7 Å². The molecule has 0 amide bonds. The number of aromatic nitrogens is 2. The van der Waals surface area contributed by atoms with Crippen molar-refractivity contribution in [1.82, 2.24) is 15.3 Å². The Morgan fingerprint density at radius 2 is 2.32 bits per heavy atom. The number of hydrogen-bond donors (Lipinski definition) is 2. The van der Waals surface area contributed by atoms with E-state index < -0.39 is 0 Å². The van der Waals surface area contributed by atoms with Crippen LogP contribution in [0.5, 0.6) is 5.75 Å². The number of nitrogens with zero attached hydrogens (tertiary/aromatic N) is 3. The first-order chi connectivity index (χ1) is 12.3. The Kier molecular flexibility index (Phi) is 4.49. The lowest BCUT2D eigenvalue weighted by Crippen LogP contribution is -2.19. The fraction of sp³-hybridized carbons (Fsp3) is 0.421. The number of pyridine rings is 2. The zero-order chi connectivity index (χ0) is 17.1. The quantitative estimate of drug-likeness (QED) is 0.871. The molecule has 1 saturated heterocycles. The molecule has 6 nitrogen and oxygen atoms in total. The van der Waals surface area contributed by atoms with Gasteiger partial charge in [0.05, 0.1) is 17.8 Å². The van der Waals surface area contributed by atoms with Crippen LogP contribution in [0.3, 0.4) is 0 Å². The van der Waals surface area contributed by atoms with E-state index in [0.717, 1.165) is 55.9 Å². The van der Waals surface area contributed by atoms with Gasteiger partial charge in [0.25, 0.3) is 0 Å². The molecule has 0 bridgehead atoms. The van der Waals surface area contributed by atoms with Crippen molar-refractivity contribution in [2.24, 2.45) is 0 Å². The highest BCUT2D eigenvalue weighted by atomic mass is 16.5. The molecule has 1 aliphatic heterocycles. The lowest BCUT2D eigenvalue weighted by molar-refractivity contribution is 0.222. The highest BCUT2D eigenvalue weighted by molar-refractivity contribution is 5.55. The van der Waals surface area contributed by atoms with E-state index in [2.05, 4.69) is 26.7 Å². The number of nitriles is 1. The molecule has 1 unspecified atom stereocenters. The molecule has 4 rings (SSSR count). The van der Waals surface area contributed by atoms with Gasteiger partial charge in [-0.15, -0.1) is 0 Å². The van der Waals surface area contributed by atoms with Crippen molar-refractivity contribution in [2.45, 2.75) is 38.3 Å². The van der Waals surface area contributed by atoms with Crippen molar-refractivity contribution < 1.29 is 4.74 Å². The van der Waals surface area contributed by atoms with Gasteiger partial charge in [0, 0.05) is 24.5 Å². The number of nitrogens with one attached hydrogen (secondary N) is 2. The summed E-state index contributed by atoms with van der Waals surface area (Å²) in [6.07, 6.45) is 6.15. The van der Waals surface area contributed by atoms with Crippen LogP contribution in [0.25, 0.3) is 0 Å². The van der Waals surface area contributed by atoms with Crippen LogP contribution in [-0.2, 0) is 19.4 Å². The van der Waals surface area contributed by atoms with Gasteiger partial charge in [-0.05, 0) is 49.9 Å². The molecule has 0 radical (unpaired) electrons. The normalized spacial score (nSPS) is 18.6. The first kappa shape index (κ1) is 15.9. The molecule has 0 aromatic carbocycles. The van der Waals surface area contributed by atoms with Crippen LogP contribution >= 0.6 is 0 Å². The summed E-state index contributed by atoms with van der Waals surface area (Å²) < 4.78 is 5.98. The molecular formula is C19H21N5O. The second kappa shape index (κ2) is 7.08. The fourth-order valence-corrected chi connectivity index (χ4v) is 3.41. The van der Waals surface area contributed by atoms with E-state index in [-0.39, 0.29) is 6.10 Å². The molecule has 2 aromatic heterocycles. The molecule has 2 aliphatic rings. The van der Waals surface area contributed by atoms with Crippen LogP contribution in [0, 0.1) is 11.3 Å². The van der Waals surface area contributed by atoms with Gasteiger partial charge in [-0.1, -0.05) is 0 Å². The third-order valence-corrected chi connectivity index (χ3v) is 4.71. The minimum Gasteiger partial charge on any atom is -0.489 e. The topological polar surface area (TPSA) is 82.9 Å². The van der Waals surface area contributed by atoms with Crippen molar-refractivity contribution in [1.29, 1.82) is 5.26 Å². The Morgan fingerprint density at radius 3 is 3.16 bits per heavy atom. The minimum atomic E-state index is 0.228. The van der Waals surface area contributed by atoms with E-state index >= 15 is 0 Å². The maximum absolute atomic E-state index is 9.38. The third kappa shape index (κ3) is 3.57. The third-order valence-electron chi connectivity index (χ3n) is 4.71. The summed E-state index contributed by atoms with van der Waals surface area (Å²) in [5.74, 6) is 1.49. The summed E-state index contributed by atoms with van der Waals surface area (Å²) in [6, 6.07) is 8.05. The summed E-state index contributed by atoms with van der Waals surface area (Å²) in [4.78, 5) is 9.03. The summed E-state index contributed by atoms with van der Waals surface area (Å²) in [6.45, 7) is 2.41. The molecule has 2 N–H and O–H groups in total. The maximum atomic E-state index is 9.38. The number of ether oxygens (including phenoxy) is 1. The Hall–Kier alpha value is -2.65. The zero-order valence-corrected chi connectivity index (χ0v) is 14.1. The van der Waals surface area contributed by atoms with Crippen LogP contribution in [0.1, 0.15) is 35.4 Å². The van der Waals surface area contributed by atoms with Gasteiger partial charge < -0.3 is 15.4 Å². The molecule has 1 aliphatic carbocycles.